The molecule has 0 aliphatic heterocycles. The molecule has 4 rings (SSSR count). The van der Waals surface area contributed by atoms with Gasteiger partial charge in [-0.2, -0.15) is 10.2 Å². The van der Waals surface area contributed by atoms with Gasteiger partial charge in [-0.3, -0.25) is 4.79 Å². The second-order valence-electron chi connectivity index (χ2n) is 6.68. The van der Waals surface area contributed by atoms with Crippen LogP contribution in [0.25, 0.3) is 16.9 Å². The van der Waals surface area contributed by atoms with Crippen LogP contribution >= 0.6 is 23.2 Å². The number of nitrogens with zero attached hydrogens (tertiary/aromatic N) is 4. The second kappa shape index (κ2) is 8.86. The number of rotatable bonds is 4. The first-order chi connectivity index (χ1) is 15.8. The van der Waals surface area contributed by atoms with Crippen molar-refractivity contribution in [1.29, 1.82) is 0 Å². The molecule has 33 heavy (non-hydrogen) atoms. The first-order valence-electron chi connectivity index (χ1n) is 9.17. The lowest BCUT2D eigenvalue weighted by Gasteiger charge is -2.13. The number of nitrogens with two attached hydrogens (primary N) is 1. The van der Waals surface area contributed by atoms with Gasteiger partial charge in [0.15, 0.2) is 5.82 Å². The van der Waals surface area contributed by atoms with Crippen molar-refractivity contribution in [1.82, 2.24) is 20.0 Å². The number of pyridine rings is 1. The molecule has 0 aliphatic rings. The molecule has 0 radical (unpaired) electrons. The summed E-state index contributed by atoms with van der Waals surface area (Å²) in [7, 11) is 0. The molecule has 0 unspecified atom stereocenters. The predicted molar refractivity (Wildman–Crippen MR) is 121 cm³/mol. The molecule has 2 aromatic carbocycles. The largest absolute Gasteiger partial charge is 0.398 e. The van der Waals surface area contributed by atoms with Crippen LogP contribution in [0.3, 0.4) is 0 Å². The molecule has 0 bridgehead atoms. The number of aromatic nitrogens is 4. The van der Waals surface area contributed by atoms with E-state index in [9.17, 15) is 13.6 Å². The van der Waals surface area contributed by atoms with Crippen molar-refractivity contribution in [3.8, 4) is 29.3 Å². The SMILES string of the molecule is C#Cc1cc(F)cc(N)c1-c1cc(Cl)c(C(=O)Nc2cnc(-n3nccn3)c(Cl)c2)cc1F. The van der Waals surface area contributed by atoms with Crippen LogP contribution in [-0.2, 0) is 0 Å². The number of carbonyl (C=O) groups is 1. The lowest BCUT2D eigenvalue weighted by atomic mass is 9.96. The van der Waals surface area contributed by atoms with Gasteiger partial charge in [0.1, 0.15) is 11.6 Å². The molecule has 2 aromatic heterocycles. The Bertz CT molecular complexity index is 1430. The minimum atomic E-state index is -0.823. The van der Waals surface area contributed by atoms with Crippen LogP contribution in [0.1, 0.15) is 15.9 Å². The van der Waals surface area contributed by atoms with Gasteiger partial charge < -0.3 is 11.1 Å². The smallest absolute Gasteiger partial charge is 0.257 e. The number of benzene rings is 2. The Hall–Kier alpha value is -4.00. The first-order valence-corrected chi connectivity index (χ1v) is 9.92. The first kappa shape index (κ1) is 22.2. The topological polar surface area (TPSA) is 98.7 Å². The molecular weight excluding hydrogens is 473 g/mol. The number of hydrogen-bond donors (Lipinski definition) is 2. The molecule has 0 saturated heterocycles. The zero-order valence-corrected chi connectivity index (χ0v) is 18.0. The van der Waals surface area contributed by atoms with Gasteiger partial charge in [0.05, 0.1) is 39.9 Å². The summed E-state index contributed by atoms with van der Waals surface area (Å²) >= 11 is 12.5. The van der Waals surface area contributed by atoms with Gasteiger partial charge in [-0.25, -0.2) is 13.8 Å². The number of hydrogen-bond acceptors (Lipinski definition) is 5. The van der Waals surface area contributed by atoms with Crippen LogP contribution < -0.4 is 11.1 Å². The summed E-state index contributed by atoms with van der Waals surface area (Å²) in [4.78, 5) is 18.1. The molecule has 4 aromatic rings. The Morgan fingerprint density at radius 3 is 2.48 bits per heavy atom. The third kappa shape index (κ3) is 4.35. The average Bonchev–Trinajstić information content (AvgIpc) is 3.29. The van der Waals surface area contributed by atoms with Gasteiger partial charge in [0.2, 0.25) is 0 Å². The Labute approximate surface area is 196 Å². The van der Waals surface area contributed by atoms with Crippen LogP contribution in [0, 0.1) is 24.0 Å². The van der Waals surface area contributed by atoms with Crippen LogP contribution in [0.5, 0.6) is 0 Å². The highest BCUT2D eigenvalue weighted by Crippen LogP contribution is 2.35. The van der Waals surface area contributed by atoms with E-state index in [1.165, 1.54) is 35.5 Å². The minimum absolute atomic E-state index is 0.0483. The molecule has 0 saturated carbocycles. The van der Waals surface area contributed by atoms with Crippen LogP contribution in [0.15, 0.2) is 48.9 Å². The number of terminal acetylenes is 1. The molecule has 1 amide bonds. The lowest BCUT2D eigenvalue weighted by Crippen LogP contribution is -2.14. The Balaban J connectivity index is 1.65. The van der Waals surface area contributed by atoms with Crippen LogP contribution in [-0.4, -0.2) is 25.9 Å². The summed E-state index contributed by atoms with van der Waals surface area (Å²) in [5, 5.41) is 10.5. The molecule has 0 aliphatic carbocycles. The number of anilines is 2. The quantitative estimate of drug-likeness (QED) is 0.322. The van der Waals surface area contributed by atoms with E-state index in [4.69, 9.17) is 35.4 Å². The van der Waals surface area contributed by atoms with E-state index < -0.39 is 17.5 Å². The zero-order chi connectivity index (χ0) is 23.7. The fraction of sp³-hybridized carbons (Fsp3) is 0. The van der Waals surface area contributed by atoms with E-state index >= 15 is 0 Å². The summed E-state index contributed by atoms with van der Waals surface area (Å²) in [6.07, 6.45) is 9.66. The highest BCUT2D eigenvalue weighted by Gasteiger charge is 2.20. The number of carbonyl (C=O) groups excluding carboxylic acids is 1. The number of nitrogens with one attached hydrogen (secondary N) is 1. The van der Waals surface area contributed by atoms with Crippen molar-refractivity contribution in [2.75, 3.05) is 11.1 Å². The van der Waals surface area contributed by atoms with Gasteiger partial charge in [-0.1, -0.05) is 29.1 Å². The Kier molecular flexibility index (Phi) is 5.96. The number of amides is 1. The highest BCUT2D eigenvalue weighted by molar-refractivity contribution is 6.35. The molecule has 0 spiro atoms. The lowest BCUT2D eigenvalue weighted by molar-refractivity contribution is 0.102. The summed E-state index contributed by atoms with van der Waals surface area (Å²) in [6.45, 7) is 0. The normalized spacial score (nSPS) is 10.6. The molecule has 0 atom stereocenters. The van der Waals surface area contributed by atoms with E-state index in [2.05, 4.69) is 26.4 Å². The van der Waals surface area contributed by atoms with E-state index in [1.807, 2.05) is 0 Å². The van der Waals surface area contributed by atoms with E-state index in [1.54, 1.807) is 0 Å². The standard InChI is InChI=1S/C22H12Cl2F2N6O/c1-2-11-5-12(25)6-19(27)20(11)15-8-16(23)14(9-18(15)26)22(33)31-13-7-17(24)21(28-10-13)32-29-3-4-30-32/h1,3-10H,27H2,(H,31,33). The predicted octanol–water partition coefficient (Wildman–Crippen LogP) is 4.73. The third-order valence-electron chi connectivity index (χ3n) is 4.55. The summed E-state index contributed by atoms with van der Waals surface area (Å²) < 4.78 is 28.6. The van der Waals surface area contributed by atoms with Crippen molar-refractivity contribution in [3.63, 3.8) is 0 Å². The molecule has 164 valence electrons. The van der Waals surface area contributed by atoms with Gasteiger partial charge in [0.25, 0.3) is 5.91 Å². The van der Waals surface area contributed by atoms with Gasteiger partial charge >= 0.3 is 0 Å². The zero-order valence-electron chi connectivity index (χ0n) is 16.5. The Morgan fingerprint density at radius 1 is 1.09 bits per heavy atom. The van der Waals surface area contributed by atoms with Gasteiger partial charge in [-0.15, -0.1) is 11.2 Å². The minimum Gasteiger partial charge on any atom is -0.398 e. The summed E-state index contributed by atoms with van der Waals surface area (Å²) in [6, 6.07) is 5.64. The molecular formula is C22H12Cl2F2N6O. The fourth-order valence-corrected chi connectivity index (χ4v) is 3.62. The molecule has 3 N–H and O–H groups in total. The van der Waals surface area contributed by atoms with Crippen molar-refractivity contribution >= 4 is 40.5 Å². The van der Waals surface area contributed by atoms with Crippen molar-refractivity contribution in [3.05, 3.63) is 81.7 Å². The highest BCUT2D eigenvalue weighted by atomic mass is 35.5. The summed E-state index contributed by atoms with van der Waals surface area (Å²) in [5.41, 5.74) is 5.95. The number of nitrogen functional groups attached to an aromatic ring is 1. The molecule has 11 heteroatoms. The van der Waals surface area contributed by atoms with Gasteiger partial charge in [0, 0.05) is 22.4 Å². The van der Waals surface area contributed by atoms with E-state index in [0.717, 1.165) is 18.2 Å². The maximum Gasteiger partial charge on any atom is 0.257 e. The maximum atomic E-state index is 15.0. The van der Waals surface area contributed by atoms with Crippen molar-refractivity contribution in [2.24, 2.45) is 0 Å². The molecule has 2 heterocycles. The van der Waals surface area contributed by atoms with Crippen molar-refractivity contribution in [2.45, 2.75) is 0 Å². The molecule has 0 fully saturated rings. The summed E-state index contributed by atoms with van der Waals surface area (Å²) in [5.74, 6) is 0.339. The third-order valence-corrected chi connectivity index (χ3v) is 5.14. The molecule has 7 nitrogen and oxygen atoms in total. The van der Waals surface area contributed by atoms with E-state index in [-0.39, 0.29) is 49.5 Å². The number of halogens is 4. The van der Waals surface area contributed by atoms with E-state index in [0.29, 0.717) is 0 Å². The monoisotopic (exact) mass is 484 g/mol. The second-order valence-corrected chi connectivity index (χ2v) is 7.49. The fourth-order valence-electron chi connectivity index (χ4n) is 3.12. The van der Waals surface area contributed by atoms with Gasteiger partial charge in [-0.05, 0) is 30.3 Å². The van der Waals surface area contributed by atoms with Crippen LogP contribution in [0.4, 0.5) is 20.2 Å². The van der Waals surface area contributed by atoms with Crippen LogP contribution in [0.2, 0.25) is 10.0 Å². The van der Waals surface area contributed by atoms with Crippen molar-refractivity contribution < 1.29 is 13.6 Å². The average molecular weight is 485 g/mol. The Morgan fingerprint density at radius 2 is 1.82 bits per heavy atom. The maximum absolute atomic E-state index is 15.0.